The fourth-order valence-corrected chi connectivity index (χ4v) is 3.81. The topological polar surface area (TPSA) is 91.2 Å². The van der Waals surface area contributed by atoms with Crippen LogP contribution in [-0.4, -0.2) is 63.1 Å². The van der Waals surface area contributed by atoms with Gasteiger partial charge in [-0.2, -0.15) is 4.98 Å². The summed E-state index contributed by atoms with van der Waals surface area (Å²) in [6.07, 6.45) is 1.47. The Morgan fingerprint density at radius 3 is 2.56 bits per heavy atom. The first-order valence-corrected chi connectivity index (χ1v) is 10.6. The van der Waals surface area contributed by atoms with Crippen molar-refractivity contribution in [3.63, 3.8) is 0 Å². The Kier molecular flexibility index (Phi) is 5.62. The SMILES string of the molecule is CN1CCN(Cc2cccc(-c3noc(-c4cnc(-c5ccccc5)[nH]c4=O)n3)c2)CC1. The molecule has 0 radical (unpaired) electrons. The summed E-state index contributed by atoms with van der Waals surface area (Å²) in [6.45, 7) is 5.17. The summed E-state index contributed by atoms with van der Waals surface area (Å²) in [7, 11) is 2.15. The number of aromatic amines is 1. The average molecular weight is 428 g/mol. The van der Waals surface area contributed by atoms with Gasteiger partial charge in [-0.25, -0.2) is 4.98 Å². The van der Waals surface area contributed by atoms with Crippen LogP contribution in [0.4, 0.5) is 0 Å². The van der Waals surface area contributed by atoms with Gasteiger partial charge < -0.3 is 14.4 Å². The van der Waals surface area contributed by atoms with E-state index in [0.29, 0.717) is 11.6 Å². The summed E-state index contributed by atoms with van der Waals surface area (Å²) >= 11 is 0. The molecule has 2 aromatic heterocycles. The summed E-state index contributed by atoms with van der Waals surface area (Å²) in [6, 6.07) is 17.6. The molecule has 3 heterocycles. The zero-order chi connectivity index (χ0) is 21.9. The molecule has 8 heteroatoms. The molecule has 0 unspecified atom stereocenters. The normalized spacial score (nSPS) is 15.2. The van der Waals surface area contributed by atoms with E-state index in [4.69, 9.17) is 4.52 Å². The van der Waals surface area contributed by atoms with Crippen molar-refractivity contribution in [1.29, 1.82) is 0 Å². The van der Waals surface area contributed by atoms with Crippen LogP contribution in [0.3, 0.4) is 0 Å². The molecule has 0 spiro atoms. The summed E-state index contributed by atoms with van der Waals surface area (Å²) in [5.74, 6) is 1.10. The molecule has 0 bridgehead atoms. The van der Waals surface area contributed by atoms with Crippen LogP contribution in [0, 0.1) is 0 Å². The van der Waals surface area contributed by atoms with E-state index in [0.717, 1.165) is 43.9 Å². The van der Waals surface area contributed by atoms with Crippen LogP contribution < -0.4 is 5.56 Å². The predicted molar refractivity (Wildman–Crippen MR) is 122 cm³/mol. The smallest absolute Gasteiger partial charge is 0.265 e. The zero-order valence-corrected chi connectivity index (χ0v) is 17.9. The molecule has 1 aliphatic heterocycles. The van der Waals surface area contributed by atoms with E-state index in [9.17, 15) is 4.79 Å². The van der Waals surface area contributed by atoms with Crippen molar-refractivity contribution in [3.05, 3.63) is 76.7 Å². The lowest BCUT2D eigenvalue weighted by Crippen LogP contribution is -2.43. The first kappa shape index (κ1) is 20.3. The molecule has 8 nitrogen and oxygen atoms in total. The van der Waals surface area contributed by atoms with Crippen LogP contribution in [0.5, 0.6) is 0 Å². The second-order valence-electron chi connectivity index (χ2n) is 8.04. The molecule has 1 fully saturated rings. The first-order chi connectivity index (χ1) is 15.7. The second-order valence-corrected chi connectivity index (χ2v) is 8.04. The second kappa shape index (κ2) is 8.86. The van der Waals surface area contributed by atoms with Gasteiger partial charge in [0.1, 0.15) is 11.4 Å². The third kappa shape index (κ3) is 4.37. The number of H-pyrrole nitrogens is 1. The van der Waals surface area contributed by atoms with Crippen LogP contribution >= 0.6 is 0 Å². The Hall–Kier alpha value is -3.62. The highest BCUT2D eigenvalue weighted by molar-refractivity contribution is 5.61. The van der Waals surface area contributed by atoms with E-state index < -0.39 is 0 Å². The van der Waals surface area contributed by atoms with Crippen LogP contribution in [0.2, 0.25) is 0 Å². The van der Waals surface area contributed by atoms with Crippen LogP contribution in [0.25, 0.3) is 34.2 Å². The number of nitrogens with zero attached hydrogens (tertiary/aromatic N) is 5. The molecule has 0 saturated carbocycles. The average Bonchev–Trinajstić information content (AvgIpc) is 3.31. The number of hydrogen-bond acceptors (Lipinski definition) is 7. The van der Waals surface area contributed by atoms with E-state index in [1.54, 1.807) is 0 Å². The molecule has 1 saturated heterocycles. The summed E-state index contributed by atoms with van der Waals surface area (Å²) in [5.41, 5.74) is 2.82. The number of benzene rings is 2. The minimum atomic E-state index is -0.321. The van der Waals surface area contributed by atoms with Crippen molar-refractivity contribution >= 4 is 0 Å². The van der Waals surface area contributed by atoms with E-state index in [1.807, 2.05) is 42.5 Å². The molecule has 5 rings (SSSR count). The van der Waals surface area contributed by atoms with Gasteiger partial charge >= 0.3 is 0 Å². The van der Waals surface area contributed by atoms with Gasteiger partial charge in [0.2, 0.25) is 5.82 Å². The van der Waals surface area contributed by atoms with Crippen molar-refractivity contribution in [3.8, 4) is 34.2 Å². The quantitative estimate of drug-likeness (QED) is 0.523. The van der Waals surface area contributed by atoms with Crippen LogP contribution in [0.15, 0.2) is 70.1 Å². The Bertz CT molecular complexity index is 1260. The van der Waals surface area contributed by atoms with Gasteiger partial charge in [0.05, 0.1) is 0 Å². The van der Waals surface area contributed by atoms with Crippen molar-refractivity contribution in [2.45, 2.75) is 6.54 Å². The number of aromatic nitrogens is 4. The largest absolute Gasteiger partial charge is 0.333 e. The van der Waals surface area contributed by atoms with Gasteiger partial charge in [-0.3, -0.25) is 9.69 Å². The van der Waals surface area contributed by atoms with Gasteiger partial charge in [0.15, 0.2) is 0 Å². The molecular weight excluding hydrogens is 404 g/mol. The number of likely N-dealkylation sites (N-methyl/N-ethyl adjacent to an activating group) is 1. The zero-order valence-electron chi connectivity index (χ0n) is 17.9. The van der Waals surface area contributed by atoms with Crippen molar-refractivity contribution in [2.24, 2.45) is 0 Å². The molecule has 0 atom stereocenters. The highest BCUT2D eigenvalue weighted by Gasteiger charge is 2.17. The van der Waals surface area contributed by atoms with E-state index in [2.05, 4.69) is 49.1 Å². The molecular formula is C24H24N6O2. The first-order valence-electron chi connectivity index (χ1n) is 10.6. The third-order valence-electron chi connectivity index (χ3n) is 5.69. The standard InChI is InChI=1S/C24H24N6O2/c1-29-10-12-30(13-11-29)16-17-6-5-9-19(14-17)22-27-24(32-28-22)20-15-25-21(26-23(20)31)18-7-3-2-4-8-18/h2-9,14-15H,10-13,16H2,1H3,(H,25,26,31). The van der Waals surface area contributed by atoms with Crippen molar-refractivity contribution in [1.82, 2.24) is 29.9 Å². The van der Waals surface area contributed by atoms with E-state index in [1.165, 1.54) is 11.8 Å². The van der Waals surface area contributed by atoms with Gasteiger partial charge in [-0.05, 0) is 18.7 Å². The highest BCUT2D eigenvalue weighted by Crippen LogP contribution is 2.22. The van der Waals surface area contributed by atoms with Crippen LogP contribution in [-0.2, 0) is 6.54 Å². The van der Waals surface area contributed by atoms with E-state index in [-0.39, 0.29) is 17.0 Å². The molecule has 2 aromatic carbocycles. The lowest BCUT2D eigenvalue weighted by molar-refractivity contribution is 0.148. The summed E-state index contributed by atoms with van der Waals surface area (Å²) < 4.78 is 5.40. The fraction of sp³-hybridized carbons (Fsp3) is 0.250. The Labute approximate surface area is 185 Å². The number of rotatable bonds is 5. The predicted octanol–water partition coefficient (Wildman–Crippen LogP) is 2.90. The summed E-state index contributed by atoms with van der Waals surface area (Å²) in [4.78, 5) is 29.0. The molecule has 1 N–H and O–H groups in total. The lowest BCUT2D eigenvalue weighted by atomic mass is 10.1. The van der Waals surface area contributed by atoms with E-state index >= 15 is 0 Å². The molecule has 0 amide bonds. The maximum atomic E-state index is 12.6. The lowest BCUT2D eigenvalue weighted by Gasteiger charge is -2.32. The number of hydrogen-bond donors (Lipinski definition) is 1. The molecule has 162 valence electrons. The number of piperazine rings is 1. The Balaban J connectivity index is 1.35. The number of nitrogens with one attached hydrogen (secondary N) is 1. The minimum Gasteiger partial charge on any atom is -0.333 e. The molecule has 32 heavy (non-hydrogen) atoms. The van der Waals surface area contributed by atoms with Gasteiger partial charge in [0, 0.05) is 50.0 Å². The molecule has 0 aliphatic carbocycles. The molecule has 4 aromatic rings. The highest BCUT2D eigenvalue weighted by atomic mass is 16.5. The monoisotopic (exact) mass is 428 g/mol. The Morgan fingerprint density at radius 2 is 1.78 bits per heavy atom. The third-order valence-corrected chi connectivity index (χ3v) is 5.69. The maximum absolute atomic E-state index is 12.6. The fourth-order valence-electron chi connectivity index (χ4n) is 3.81. The van der Waals surface area contributed by atoms with Crippen molar-refractivity contribution in [2.75, 3.05) is 33.2 Å². The summed E-state index contributed by atoms with van der Waals surface area (Å²) in [5, 5.41) is 4.10. The van der Waals surface area contributed by atoms with Crippen LogP contribution in [0.1, 0.15) is 5.56 Å². The maximum Gasteiger partial charge on any atom is 0.265 e. The van der Waals surface area contributed by atoms with Crippen molar-refractivity contribution < 1.29 is 4.52 Å². The van der Waals surface area contributed by atoms with Gasteiger partial charge in [0.25, 0.3) is 11.4 Å². The molecule has 1 aliphatic rings. The van der Waals surface area contributed by atoms with Gasteiger partial charge in [-0.15, -0.1) is 0 Å². The minimum absolute atomic E-state index is 0.151. The Morgan fingerprint density at radius 1 is 1.00 bits per heavy atom. The van der Waals surface area contributed by atoms with Gasteiger partial charge in [-0.1, -0.05) is 53.7 Å².